The molecular weight excluding hydrogens is 508 g/mol. The second-order valence-electron chi connectivity index (χ2n) is 9.62. The minimum atomic E-state index is -0.475. The molecule has 1 atom stereocenters. The van der Waals surface area contributed by atoms with Gasteiger partial charge in [-0.2, -0.15) is 0 Å². The van der Waals surface area contributed by atoms with Gasteiger partial charge in [-0.15, -0.1) is 0 Å². The highest BCUT2D eigenvalue weighted by Crippen LogP contribution is 2.24. The average molecular weight is 547 g/mol. The lowest BCUT2D eigenvalue weighted by molar-refractivity contribution is -0.141. The van der Waals surface area contributed by atoms with Crippen LogP contribution in [0, 0.1) is 0 Å². The Labute approximate surface area is 236 Å². The van der Waals surface area contributed by atoms with Crippen LogP contribution < -0.4 is 9.47 Å². The second-order valence-corrected chi connectivity index (χ2v) is 9.62. The van der Waals surface area contributed by atoms with E-state index in [0.29, 0.717) is 42.3 Å². The van der Waals surface area contributed by atoms with E-state index in [4.69, 9.17) is 18.9 Å². The third-order valence-electron chi connectivity index (χ3n) is 6.24. The summed E-state index contributed by atoms with van der Waals surface area (Å²) in [5.41, 5.74) is 2.78. The predicted octanol–water partition coefficient (Wildman–Crippen LogP) is 7.42. The van der Waals surface area contributed by atoms with Gasteiger partial charge < -0.3 is 18.9 Å². The zero-order chi connectivity index (χ0) is 28.7. The van der Waals surface area contributed by atoms with E-state index in [1.807, 2.05) is 31.2 Å². The molecule has 0 N–H and O–H groups in total. The number of ether oxygens (including phenoxy) is 4. The van der Waals surface area contributed by atoms with Crippen LogP contribution in [-0.4, -0.2) is 37.2 Å². The van der Waals surface area contributed by atoms with E-state index < -0.39 is 5.97 Å². The molecule has 0 spiro atoms. The van der Waals surface area contributed by atoms with Crippen molar-refractivity contribution in [3.8, 4) is 22.6 Å². The zero-order valence-electron chi connectivity index (χ0n) is 23.5. The zero-order valence-corrected chi connectivity index (χ0v) is 23.5. The molecule has 7 heteroatoms. The van der Waals surface area contributed by atoms with Gasteiger partial charge in [0, 0.05) is 13.3 Å². The van der Waals surface area contributed by atoms with Crippen LogP contribution in [-0.2, 0) is 14.3 Å². The fraction of sp³-hybridized carbons (Fsp3) is 0.364. The standard InChI is InChI=1S/C33H38O7/c1-4-5-6-7-9-24(2)39-32(35)28-12-10-26(11-13-28)27-14-20-31(21-15-27)40-33(36)29-16-18-30(19-17-29)38-23-8-22-37-25(3)34/h10-21,24H,4-9,22-23H2,1-3H3/t24-/m0/s1. The Morgan fingerprint density at radius 2 is 1.25 bits per heavy atom. The second kappa shape index (κ2) is 16.1. The number of benzene rings is 3. The molecule has 0 amide bonds. The highest BCUT2D eigenvalue weighted by Gasteiger charge is 2.13. The van der Waals surface area contributed by atoms with Crippen LogP contribution in [0.3, 0.4) is 0 Å². The Hall–Kier alpha value is -4.13. The minimum absolute atomic E-state index is 0.101. The topological polar surface area (TPSA) is 88.1 Å². The Kier molecular flexibility index (Phi) is 12.2. The number of carbonyl (C=O) groups excluding carboxylic acids is 3. The molecule has 0 aromatic heterocycles. The number of unbranched alkanes of at least 4 members (excludes halogenated alkanes) is 3. The third-order valence-corrected chi connectivity index (χ3v) is 6.24. The fourth-order valence-corrected chi connectivity index (χ4v) is 4.00. The van der Waals surface area contributed by atoms with E-state index in [1.165, 1.54) is 19.8 Å². The van der Waals surface area contributed by atoms with Gasteiger partial charge in [-0.1, -0.05) is 50.5 Å². The van der Waals surface area contributed by atoms with Crippen molar-refractivity contribution in [3.05, 3.63) is 83.9 Å². The van der Waals surface area contributed by atoms with Gasteiger partial charge >= 0.3 is 17.9 Å². The maximum atomic E-state index is 12.6. The van der Waals surface area contributed by atoms with Crippen molar-refractivity contribution in [1.82, 2.24) is 0 Å². The summed E-state index contributed by atoms with van der Waals surface area (Å²) in [6, 6.07) is 21.1. The number of carbonyl (C=O) groups is 3. The largest absolute Gasteiger partial charge is 0.493 e. The Morgan fingerprint density at radius 3 is 1.88 bits per heavy atom. The van der Waals surface area contributed by atoms with Crippen LogP contribution in [0.1, 0.15) is 80.0 Å². The maximum Gasteiger partial charge on any atom is 0.343 e. The molecule has 0 aliphatic heterocycles. The summed E-state index contributed by atoms with van der Waals surface area (Å²) < 4.78 is 21.5. The lowest BCUT2D eigenvalue weighted by Crippen LogP contribution is -2.15. The lowest BCUT2D eigenvalue weighted by atomic mass is 10.0. The molecule has 0 heterocycles. The quantitative estimate of drug-likeness (QED) is 0.111. The lowest BCUT2D eigenvalue weighted by Gasteiger charge is -2.13. The van der Waals surface area contributed by atoms with Crippen molar-refractivity contribution in [3.63, 3.8) is 0 Å². The van der Waals surface area contributed by atoms with E-state index in [2.05, 4.69) is 6.92 Å². The summed E-state index contributed by atoms with van der Waals surface area (Å²) in [4.78, 5) is 35.8. The highest BCUT2D eigenvalue weighted by molar-refractivity contribution is 5.91. The first-order valence-corrected chi connectivity index (χ1v) is 13.9. The van der Waals surface area contributed by atoms with E-state index >= 15 is 0 Å². The van der Waals surface area contributed by atoms with E-state index in [9.17, 15) is 14.4 Å². The van der Waals surface area contributed by atoms with E-state index in [-0.39, 0.29) is 18.0 Å². The Balaban J connectivity index is 1.47. The number of hydrogen-bond donors (Lipinski definition) is 0. The molecule has 0 saturated heterocycles. The molecule has 0 aliphatic carbocycles. The van der Waals surface area contributed by atoms with Gasteiger partial charge in [0.05, 0.1) is 30.4 Å². The molecule has 3 rings (SSSR count). The number of esters is 3. The van der Waals surface area contributed by atoms with Gasteiger partial charge in [0.1, 0.15) is 11.5 Å². The Bertz CT molecular complexity index is 1220. The molecule has 3 aromatic rings. The van der Waals surface area contributed by atoms with Crippen molar-refractivity contribution in [2.24, 2.45) is 0 Å². The molecular formula is C33H38O7. The first kappa shape index (κ1) is 30.4. The SMILES string of the molecule is CCCCCC[C@H](C)OC(=O)c1ccc(-c2ccc(OC(=O)c3ccc(OCCCOC(C)=O)cc3)cc2)cc1. The first-order valence-electron chi connectivity index (χ1n) is 13.9. The van der Waals surface area contributed by atoms with Crippen LogP contribution in [0.4, 0.5) is 0 Å². The first-order chi connectivity index (χ1) is 19.4. The van der Waals surface area contributed by atoms with Gasteiger partial charge in [-0.25, -0.2) is 9.59 Å². The summed E-state index contributed by atoms with van der Waals surface area (Å²) in [5.74, 6) is -0.0664. The fourth-order valence-electron chi connectivity index (χ4n) is 4.00. The maximum absolute atomic E-state index is 12.6. The van der Waals surface area contributed by atoms with Crippen LogP contribution in [0.2, 0.25) is 0 Å². The molecule has 3 aromatic carbocycles. The molecule has 212 valence electrons. The van der Waals surface area contributed by atoms with E-state index in [1.54, 1.807) is 48.5 Å². The number of rotatable bonds is 15. The summed E-state index contributed by atoms with van der Waals surface area (Å²) in [6.07, 6.45) is 5.97. The molecule has 0 radical (unpaired) electrons. The smallest absolute Gasteiger partial charge is 0.343 e. The Morgan fingerprint density at radius 1 is 0.675 bits per heavy atom. The van der Waals surface area contributed by atoms with Crippen LogP contribution in [0.25, 0.3) is 11.1 Å². The third kappa shape index (κ3) is 10.2. The van der Waals surface area contributed by atoms with Crippen molar-refractivity contribution in [1.29, 1.82) is 0 Å². The monoisotopic (exact) mass is 546 g/mol. The van der Waals surface area contributed by atoms with Crippen molar-refractivity contribution in [2.45, 2.75) is 65.4 Å². The molecule has 40 heavy (non-hydrogen) atoms. The predicted molar refractivity (Wildman–Crippen MR) is 154 cm³/mol. The van der Waals surface area contributed by atoms with Crippen molar-refractivity contribution in [2.75, 3.05) is 13.2 Å². The summed E-state index contributed by atoms with van der Waals surface area (Å²) in [7, 11) is 0. The van der Waals surface area contributed by atoms with Crippen molar-refractivity contribution >= 4 is 17.9 Å². The molecule has 0 bridgehead atoms. The van der Waals surface area contributed by atoms with Crippen molar-refractivity contribution < 1.29 is 33.3 Å². The summed E-state index contributed by atoms with van der Waals surface area (Å²) in [6.45, 7) is 6.18. The van der Waals surface area contributed by atoms with Gasteiger partial charge in [0.25, 0.3) is 0 Å². The normalized spacial score (nSPS) is 11.4. The highest BCUT2D eigenvalue weighted by atomic mass is 16.5. The van der Waals surface area contributed by atoms with Gasteiger partial charge in [-0.3, -0.25) is 4.79 Å². The van der Waals surface area contributed by atoms with Gasteiger partial charge in [0.2, 0.25) is 0 Å². The average Bonchev–Trinajstić information content (AvgIpc) is 2.96. The summed E-state index contributed by atoms with van der Waals surface area (Å²) >= 11 is 0. The molecule has 7 nitrogen and oxygen atoms in total. The van der Waals surface area contributed by atoms with Gasteiger partial charge in [-0.05, 0) is 79.4 Å². The molecule has 0 fully saturated rings. The van der Waals surface area contributed by atoms with Crippen LogP contribution >= 0.6 is 0 Å². The molecule has 0 unspecified atom stereocenters. The summed E-state index contributed by atoms with van der Waals surface area (Å²) in [5, 5.41) is 0. The van der Waals surface area contributed by atoms with Crippen LogP contribution in [0.5, 0.6) is 11.5 Å². The number of hydrogen-bond acceptors (Lipinski definition) is 7. The molecule has 0 saturated carbocycles. The van der Waals surface area contributed by atoms with Gasteiger partial charge in [0.15, 0.2) is 0 Å². The van der Waals surface area contributed by atoms with Crippen LogP contribution in [0.15, 0.2) is 72.8 Å². The van der Waals surface area contributed by atoms with E-state index in [0.717, 1.165) is 30.4 Å². The minimum Gasteiger partial charge on any atom is -0.493 e. The molecule has 0 aliphatic rings.